The number of hydrogen-bond acceptors (Lipinski definition) is 10. The zero-order valence-corrected chi connectivity index (χ0v) is 27.7. The van der Waals surface area contributed by atoms with Crippen molar-refractivity contribution in [3.63, 3.8) is 0 Å². The third-order valence-corrected chi connectivity index (χ3v) is 8.67. The predicted molar refractivity (Wildman–Crippen MR) is 168 cm³/mol. The summed E-state index contributed by atoms with van der Waals surface area (Å²) in [5, 5.41) is 26.2. The van der Waals surface area contributed by atoms with Crippen LogP contribution in [-0.2, 0) is 31.6 Å². The van der Waals surface area contributed by atoms with Gasteiger partial charge in [0.2, 0.25) is 11.8 Å². The minimum atomic E-state index is -1.18. The lowest BCUT2D eigenvalue weighted by molar-refractivity contribution is -0.131. The molecule has 2 aromatic heterocycles. The van der Waals surface area contributed by atoms with Crippen LogP contribution in [-0.4, -0.2) is 94.5 Å². The number of alkyl carbamates (subject to hydrolysis) is 1. The molecule has 15 heteroatoms. The van der Waals surface area contributed by atoms with E-state index in [0.29, 0.717) is 46.8 Å². The van der Waals surface area contributed by atoms with Crippen LogP contribution < -0.4 is 21.3 Å². The summed E-state index contributed by atoms with van der Waals surface area (Å²) >= 11 is 2.79. The van der Waals surface area contributed by atoms with E-state index in [1.165, 1.54) is 29.6 Å². The third kappa shape index (κ3) is 12.6. The van der Waals surface area contributed by atoms with Crippen LogP contribution in [0.15, 0.2) is 10.8 Å². The largest absolute Gasteiger partial charge is 0.444 e. The van der Waals surface area contributed by atoms with Crippen molar-refractivity contribution in [2.75, 3.05) is 37.9 Å². The van der Waals surface area contributed by atoms with E-state index >= 15 is 0 Å². The first-order valence-electron chi connectivity index (χ1n) is 13.6. The van der Waals surface area contributed by atoms with E-state index in [2.05, 4.69) is 43.7 Å². The Balaban J connectivity index is 1.72. The van der Waals surface area contributed by atoms with Gasteiger partial charge in [-0.25, -0.2) is 14.8 Å². The highest BCUT2D eigenvalue weighted by atomic mass is 32.2. The summed E-state index contributed by atoms with van der Waals surface area (Å²) in [5.41, 5.74) is 0.368. The number of hydrogen-bond donors (Lipinski definition) is 5. The zero-order valence-electron chi connectivity index (χ0n) is 25.2. The van der Waals surface area contributed by atoms with E-state index in [1.807, 2.05) is 5.38 Å². The summed E-state index contributed by atoms with van der Waals surface area (Å²) in [5.74, 6) is -0.887. The van der Waals surface area contributed by atoms with Gasteiger partial charge in [-0.2, -0.15) is 0 Å². The smallest absolute Gasteiger partial charge is 0.407 e. The minimum Gasteiger partial charge on any atom is -0.444 e. The molecule has 0 spiro atoms. The summed E-state index contributed by atoms with van der Waals surface area (Å²) < 4.78 is 5.17. The molecular weight excluding hydrogens is 601 g/mol. The van der Waals surface area contributed by atoms with Crippen molar-refractivity contribution in [1.82, 2.24) is 31.2 Å². The lowest BCUT2D eigenvalue weighted by Gasteiger charge is -2.27. The van der Waals surface area contributed by atoms with Gasteiger partial charge in [0.05, 0.1) is 42.1 Å². The van der Waals surface area contributed by atoms with Gasteiger partial charge in [-0.1, -0.05) is 6.92 Å². The Bertz CT molecular complexity index is 1200. The minimum absolute atomic E-state index is 0.189. The molecule has 0 saturated carbocycles. The van der Waals surface area contributed by atoms with Gasteiger partial charge in [0.15, 0.2) is 0 Å². The topological polar surface area (TPSA) is 172 Å². The maximum absolute atomic E-state index is 12.4. The molecule has 0 aromatic carbocycles. The zero-order chi connectivity index (χ0) is 31.4. The van der Waals surface area contributed by atoms with Gasteiger partial charge in [0, 0.05) is 36.7 Å². The molecule has 2 aromatic rings. The summed E-state index contributed by atoms with van der Waals surface area (Å²) in [6, 6.07) is -0.745. The fourth-order valence-electron chi connectivity index (χ4n) is 3.54. The summed E-state index contributed by atoms with van der Waals surface area (Å²) in [6.07, 6.45) is 3.91. The molecule has 3 atom stereocenters. The van der Waals surface area contributed by atoms with Crippen LogP contribution in [0.3, 0.4) is 0 Å². The number of carbonyl (C=O) groups excluding carboxylic acids is 4. The Morgan fingerprint density at radius 1 is 1.02 bits per heavy atom. The van der Waals surface area contributed by atoms with Crippen LogP contribution in [0.2, 0.25) is 0 Å². The molecule has 0 fully saturated rings. The van der Waals surface area contributed by atoms with E-state index in [9.17, 15) is 24.3 Å². The first kappa shape index (κ1) is 35.4. The summed E-state index contributed by atoms with van der Waals surface area (Å²) in [7, 11) is 0.355. The first-order valence-corrected chi connectivity index (χ1v) is 17.6. The Kier molecular flexibility index (Phi) is 14.2. The van der Waals surface area contributed by atoms with Crippen LogP contribution >= 0.6 is 22.7 Å². The predicted octanol–water partition coefficient (Wildman–Crippen LogP) is 1.95. The van der Waals surface area contributed by atoms with E-state index in [0.717, 1.165) is 17.2 Å². The molecule has 234 valence electrons. The fraction of sp³-hybridized carbons (Fsp3) is 0.630. The molecule has 0 bridgehead atoms. The Hall–Kier alpha value is -2.75. The highest BCUT2D eigenvalue weighted by molar-refractivity contribution is 7.95. The number of rotatable bonds is 15. The molecular formula is C27H43N6O6S3+. The van der Waals surface area contributed by atoms with Crippen LogP contribution in [0, 0.1) is 5.92 Å². The number of aliphatic hydroxyl groups excluding tert-OH is 1. The normalized spacial score (nSPS) is 13.6. The second kappa shape index (κ2) is 16.8. The molecule has 4 amide bonds. The first-order chi connectivity index (χ1) is 19.7. The highest BCUT2D eigenvalue weighted by Crippen LogP contribution is 2.25. The second-order valence-electron chi connectivity index (χ2n) is 11.0. The standard InChI is InChI=1S/C27H42N6O6S3/c1-16(22(35)17(2)31-26(38)39-27(3,4)5)23(36)30-13-20(34)28-11-9-21-32-19(15-40-21)25-33-18(14-41-25)24(37)29-10-8-12-42(6)7/h14-17,22,35H,8-13H2,1-7H3,(H3-,28,29,30,31,34,36,37,38)/p+1/t16-,17-,22-/m1/s1. The molecule has 5 N–H and O–H groups in total. The molecule has 0 aliphatic carbocycles. The van der Waals surface area contributed by atoms with E-state index in [1.54, 1.807) is 33.1 Å². The highest BCUT2D eigenvalue weighted by Gasteiger charge is 2.29. The lowest BCUT2D eigenvalue weighted by atomic mass is 9.98. The maximum Gasteiger partial charge on any atom is 0.407 e. The van der Waals surface area contributed by atoms with Crippen LogP contribution in [0.25, 0.3) is 10.7 Å². The number of amides is 4. The average molecular weight is 644 g/mol. The van der Waals surface area contributed by atoms with Crippen LogP contribution in [0.5, 0.6) is 0 Å². The number of nitrogens with one attached hydrogen (secondary N) is 4. The van der Waals surface area contributed by atoms with Crippen molar-refractivity contribution in [3.05, 3.63) is 21.5 Å². The van der Waals surface area contributed by atoms with Crippen molar-refractivity contribution in [3.8, 4) is 10.7 Å². The molecule has 0 aliphatic rings. The van der Waals surface area contributed by atoms with Crippen molar-refractivity contribution < 1.29 is 29.0 Å². The number of thiazole rings is 2. The van der Waals surface area contributed by atoms with Gasteiger partial charge in [-0.05, 0) is 38.6 Å². The molecule has 0 radical (unpaired) electrons. The molecule has 0 unspecified atom stereocenters. The fourth-order valence-corrected chi connectivity index (χ4v) is 5.88. The van der Waals surface area contributed by atoms with E-state index < -0.39 is 35.7 Å². The van der Waals surface area contributed by atoms with Crippen molar-refractivity contribution >= 4 is 57.4 Å². The van der Waals surface area contributed by atoms with Crippen LogP contribution in [0.4, 0.5) is 4.79 Å². The maximum atomic E-state index is 12.4. The molecule has 12 nitrogen and oxygen atoms in total. The van der Waals surface area contributed by atoms with Crippen molar-refractivity contribution in [2.24, 2.45) is 5.92 Å². The molecule has 2 rings (SSSR count). The third-order valence-electron chi connectivity index (χ3n) is 5.79. The van der Waals surface area contributed by atoms with Gasteiger partial charge in [0.1, 0.15) is 27.7 Å². The Morgan fingerprint density at radius 2 is 1.74 bits per heavy atom. The van der Waals surface area contributed by atoms with Gasteiger partial charge in [-0.15, -0.1) is 22.7 Å². The average Bonchev–Trinajstić information content (AvgIpc) is 3.57. The summed E-state index contributed by atoms with van der Waals surface area (Å²) in [4.78, 5) is 57.9. The monoisotopic (exact) mass is 643 g/mol. The Labute approximate surface area is 258 Å². The van der Waals surface area contributed by atoms with Crippen molar-refractivity contribution in [1.29, 1.82) is 0 Å². The molecule has 42 heavy (non-hydrogen) atoms. The molecule has 2 heterocycles. The van der Waals surface area contributed by atoms with Gasteiger partial charge in [0.25, 0.3) is 5.91 Å². The van der Waals surface area contributed by atoms with Crippen LogP contribution in [0.1, 0.15) is 56.5 Å². The van der Waals surface area contributed by atoms with Gasteiger partial charge in [-0.3, -0.25) is 14.4 Å². The van der Waals surface area contributed by atoms with Gasteiger partial charge < -0.3 is 31.1 Å². The number of carbonyl (C=O) groups is 4. The van der Waals surface area contributed by atoms with E-state index in [4.69, 9.17) is 4.74 Å². The second-order valence-corrected chi connectivity index (χ2v) is 15.2. The number of aromatic nitrogens is 2. The number of ether oxygens (including phenoxy) is 1. The SMILES string of the molecule is C[C@@H](NC(=O)OC(C)(C)C)[C@H](O)[C@@H](C)C(=O)NCC(=O)NCCc1nc(-c2nc(C(=O)NCCC[S+](C)C)cs2)cs1. The van der Waals surface area contributed by atoms with E-state index in [-0.39, 0.29) is 18.4 Å². The lowest BCUT2D eigenvalue weighted by Crippen LogP contribution is -2.50. The van der Waals surface area contributed by atoms with Gasteiger partial charge >= 0.3 is 6.09 Å². The Morgan fingerprint density at radius 3 is 2.40 bits per heavy atom. The molecule has 0 saturated heterocycles. The van der Waals surface area contributed by atoms with Crippen molar-refractivity contribution in [2.45, 2.75) is 65.2 Å². The number of nitrogens with zero attached hydrogens (tertiary/aromatic N) is 2. The number of aliphatic hydroxyl groups is 1. The quantitative estimate of drug-likeness (QED) is 0.145. The summed E-state index contributed by atoms with van der Waals surface area (Å²) in [6.45, 7) is 8.93. The molecule has 0 aliphatic heterocycles.